The molecule has 0 radical (unpaired) electrons. The molecule has 0 amide bonds. The van der Waals surface area contributed by atoms with Crippen LogP contribution in [0.25, 0.3) is 0 Å². The molecule has 0 heterocycles. The van der Waals surface area contributed by atoms with Gasteiger partial charge >= 0.3 is 0 Å². The van der Waals surface area contributed by atoms with E-state index in [1.165, 1.54) is 5.56 Å². The molecule has 0 bridgehead atoms. The number of hydrogen-bond acceptors (Lipinski definition) is 4. The molecule has 0 saturated heterocycles. The average Bonchev–Trinajstić information content (AvgIpc) is 2.49. The molecule has 4 heteroatoms. The number of unbranched alkanes of at least 4 members (excludes halogenated alkanes) is 2. The Morgan fingerprint density at radius 1 is 1.10 bits per heavy atom. The first-order valence-electron chi connectivity index (χ1n) is 6.97. The fourth-order valence-electron chi connectivity index (χ4n) is 2.05. The zero-order valence-corrected chi connectivity index (χ0v) is 12.7. The Kier molecular flexibility index (Phi) is 7.52. The second-order valence-electron chi connectivity index (χ2n) is 4.86. The third-order valence-corrected chi connectivity index (χ3v) is 3.31. The first kappa shape index (κ1) is 16.3. The maximum absolute atomic E-state index is 8.49. The Morgan fingerprint density at radius 3 is 2.50 bits per heavy atom. The Labute approximate surface area is 121 Å². The van der Waals surface area contributed by atoms with Crippen LogP contribution in [0.5, 0.6) is 11.5 Å². The minimum absolute atomic E-state index is 0.656. The molecule has 0 N–H and O–H groups in total. The van der Waals surface area contributed by atoms with E-state index in [-0.39, 0.29) is 0 Å². The van der Waals surface area contributed by atoms with E-state index >= 15 is 0 Å². The highest BCUT2D eigenvalue weighted by Gasteiger charge is 2.05. The van der Waals surface area contributed by atoms with Gasteiger partial charge in [-0.3, -0.25) is 0 Å². The highest BCUT2D eigenvalue weighted by Crippen LogP contribution is 2.27. The van der Waals surface area contributed by atoms with Crippen LogP contribution in [0.2, 0.25) is 0 Å². The molecule has 0 spiro atoms. The van der Waals surface area contributed by atoms with Gasteiger partial charge in [0.15, 0.2) is 11.5 Å². The summed E-state index contributed by atoms with van der Waals surface area (Å²) in [5.74, 6) is 1.54. The van der Waals surface area contributed by atoms with Crippen molar-refractivity contribution >= 4 is 0 Å². The summed E-state index contributed by atoms with van der Waals surface area (Å²) in [5, 5.41) is 8.49. The summed E-state index contributed by atoms with van der Waals surface area (Å²) in [6, 6.07) is 8.23. The molecule has 0 aliphatic heterocycles. The third kappa shape index (κ3) is 5.50. The maximum Gasteiger partial charge on any atom is 0.160 e. The van der Waals surface area contributed by atoms with Crippen LogP contribution in [0.3, 0.4) is 0 Å². The molecule has 0 aliphatic rings. The SMILES string of the molecule is COc1ccc(CCN(C)CCCCC#N)cc1OC. The average molecular weight is 276 g/mol. The summed E-state index contributed by atoms with van der Waals surface area (Å²) in [7, 11) is 5.42. The summed E-state index contributed by atoms with van der Waals surface area (Å²) in [4.78, 5) is 2.30. The predicted molar refractivity (Wildman–Crippen MR) is 80.2 cm³/mol. The van der Waals surface area contributed by atoms with E-state index in [4.69, 9.17) is 14.7 Å². The zero-order chi connectivity index (χ0) is 14.8. The Balaban J connectivity index is 2.39. The number of benzene rings is 1. The molecule has 20 heavy (non-hydrogen) atoms. The predicted octanol–water partition coefficient (Wildman–Crippen LogP) is 2.87. The number of ether oxygens (including phenoxy) is 2. The van der Waals surface area contributed by atoms with Crippen molar-refractivity contribution in [1.82, 2.24) is 4.90 Å². The number of nitrogens with zero attached hydrogens (tertiary/aromatic N) is 2. The minimum Gasteiger partial charge on any atom is -0.493 e. The lowest BCUT2D eigenvalue weighted by Gasteiger charge is -2.16. The Hall–Kier alpha value is -1.73. The molecule has 0 atom stereocenters. The Morgan fingerprint density at radius 2 is 1.85 bits per heavy atom. The van der Waals surface area contributed by atoms with E-state index in [1.807, 2.05) is 12.1 Å². The van der Waals surface area contributed by atoms with E-state index in [0.717, 1.165) is 43.9 Å². The number of hydrogen-bond donors (Lipinski definition) is 0. The number of nitriles is 1. The second-order valence-corrected chi connectivity index (χ2v) is 4.86. The van der Waals surface area contributed by atoms with Gasteiger partial charge in [0.1, 0.15) is 0 Å². The summed E-state index contributed by atoms with van der Waals surface area (Å²) >= 11 is 0. The van der Waals surface area contributed by atoms with Crippen molar-refractivity contribution in [1.29, 1.82) is 5.26 Å². The summed E-state index contributed by atoms with van der Waals surface area (Å²) < 4.78 is 10.5. The second kappa shape index (κ2) is 9.22. The smallest absolute Gasteiger partial charge is 0.160 e. The molecule has 0 aliphatic carbocycles. The zero-order valence-electron chi connectivity index (χ0n) is 12.7. The normalized spacial score (nSPS) is 10.3. The van der Waals surface area contributed by atoms with Gasteiger partial charge in [-0.15, -0.1) is 0 Å². The number of methoxy groups -OCH3 is 2. The molecule has 1 aromatic rings. The first-order valence-corrected chi connectivity index (χ1v) is 6.97. The topological polar surface area (TPSA) is 45.5 Å². The van der Waals surface area contributed by atoms with E-state index in [9.17, 15) is 0 Å². The fourth-order valence-corrected chi connectivity index (χ4v) is 2.05. The van der Waals surface area contributed by atoms with Crippen molar-refractivity contribution < 1.29 is 9.47 Å². The van der Waals surface area contributed by atoms with Gasteiger partial charge in [0, 0.05) is 13.0 Å². The van der Waals surface area contributed by atoms with Gasteiger partial charge in [-0.25, -0.2) is 0 Å². The molecule has 0 aromatic heterocycles. The van der Waals surface area contributed by atoms with Crippen molar-refractivity contribution in [2.45, 2.75) is 25.7 Å². The molecule has 1 rings (SSSR count). The quantitative estimate of drug-likeness (QED) is 0.651. The highest BCUT2D eigenvalue weighted by molar-refractivity contribution is 5.42. The minimum atomic E-state index is 0.656. The number of rotatable bonds is 9. The molecular weight excluding hydrogens is 252 g/mol. The van der Waals surface area contributed by atoms with Crippen molar-refractivity contribution in [3.05, 3.63) is 23.8 Å². The van der Waals surface area contributed by atoms with Crippen LogP contribution in [0.1, 0.15) is 24.8 Å². The standard InChI is InChI=1S/C16H24N2O2/c1-18(11-6-4-5-10-17)12-9-14-7-8-15(19-2)16(13-14)20-3/h7-8,13H,4-6,9,11-12H2,1-3H3. The monoisotopic (exact) mass is 276 g/mol. The maximum atomic E-state index is 8.49. The van der Waals surface area contributed by atoms with E-state index in [0.29, 0.717) is 6.42 Å². The van der Waals surface area contributed by atoms with E-state index in [2.05, 4.69) is 24.1 Å². The molecule has 1 aromatic carbocycles. The first-order chi connectivity index (χ1) is 9.71. The molecule has 0 unspecified atom stereocenters. The lowest BCUT2D eigenvalue weighted by molar-refractivity contribution is 0.329. The lowest BCUT2D eigenvalue weighted by Crippen LogP contribution is -2.22. The van der Waals surface area contributed by atoms with Crippen LogP contribution in [0, 0.1) is 11.3 Å². The fraction of sp³-hybridized carbons (Fsp3) is 0.562. The Bertz CT molecular complexity index is 441. The van der Waals surface area contributed by atoms with Gasteiger partial charge in [-0.1, -0.05) is 6.07 Å². The van der Waals surface area contributed by atoms with E-state index in [1.54, 1.807) is 14.2 Å². The molecule has 0 fully saturated rings. The van der Waals surface area contributed by atoms with Gasteiger partial charge < -0.3 is 14.4 Å². The lowest BCUT2D eigenvalue weighted by atomic mass is 10.1. The van der Waals surface area contributed by atoms with Crippen LogP contribution in [-0.4, -0.2) is 39.3 Å². The highest BCUT2D eigenvalue weighted by atomic mass is 16.5. The van der Waals surface area contributed by atoms with Gasteiger partial charge in [0.25, 0.3) is 0 Å². The summed E-state index contributed by atoms with van der Waals surface area (Å²) in [6.07, 6.45) is 3.70. The van der Waals surface area contributed by atoms with Gasteiger partial charge in [0.05, 0.1) is 20.3 Å². The van der Waals surface area contributed by atoms with Gasteiger partial charge in [-0.2, -0.15) is 5.26 Å². The summed E-state index contributed by atoms with van der Waals surface area (Å²) in [6.45, 7) is 2.04. The van der Waals surface area contributed by atoms with E-state index < -0.39 is 0 Å². The molecular formula is C16H24N2O2. The van der Waals surface area contributed by atoms with Gasteiger partial charge in [-0.05, 0) is 50.6 Å². The molecule has 4 nitrogen and oxygen atoms in total. The number of likely N-dealkylation sites (N-methyl/N-ethyl adjacent to an activating group) is 1. The van der Waals surface area contributed by atoms with Crippen molar-refractivity contribution in [2.24, 2.45) is 0 Å². The third-order valence-electron chi connectivity index (χ3n) is 3.31. The van der Waals surface area contributed by atoms with Crippen molar-refractivity contribution in [3.8, 4) is 17.6 Å². The van der Waals surface area contributed by atoms with Gasteiger partial charge in [0.2, 0.25) is 0 Å². The summed E-state index contributed by atoms with van der Waals surface area (Å²) in [5.41, 5.74) is 1.24. The van der Waals surface area contributed by atoms with Crippen LogP contribution in [0.15, 0.2) is 18.2 Å². The van der Waals surface area contributed by atoms with Crippen LogP contribution in [-0.2, 0) is 6.42 Å². The molecule has 110 valence electrons. The van der Waals surface area contributed by atoms with Crippen molar-refractivity contribution in [2.75, 3.05) is 34.4 Å². The van der Waals surface area contributed by atoms with Crippen molar-refractivity contribution in [3.63, 3.8) is 0 Å². The molecule has 0 saturated carbocycles. The van der Waals surface area contributed by atoms with Crippen LogP contribution < -0.4 is 9.47 Å². The van der Waals surface area contributed by atoms with Crippen LogP contribution >= 0.6 is 0 Å². The largest absolute Gasteiger partial charge is 0.493 e. The van der Waals surface area contributed by atoms with Crippen LogP contribution in [0.4, 0.5) is 0 Å².